The molecule has 1 unspecified atom stereocenters. The summed E-state index contributed by atoms with van der Waals surface area (Å²) in [6.45, 7) is 4.05. The normalized spacial score (nSPS) is 12.4. The van der Waals surface area contributed by atoms with Crippen LogP contribution in [0.25, 0.3) is 0 Å². The van der Waals surface area contributed by atoms with Crippen molar-refractivity contribution < 1.29 is 18.7 Å². The monoisotopic (exact) mass is 432 g/mol. The molecule has 0 amide bonds. The molecule has 0 bridgehead atoms. The maximum Gasteiger partial charge on any atom is 0.304 e. The number of halogens is 3. The van der Waals surface area contributed by atoms with E-state index in [9.17, 15) is 18.7 Å². The number of anilines is 2. The van der Waals surface area contributed by atoms with Crippen molar-refractivity contribution in [1.82, 2.24) is 4.98 Å². The van der Waals surface area contributed by atoms with Crippen LogP contribution in [-0.2, 0) is 4.79 Å². The number of aromatic nitrogens is 1. The van der Waals surface area contributed by atoms with Crippen LogP contribution in [0.1, 0.15) is 44.7 Å². The lowest BCUT2D eigenvalue weighted by atomic mass is 9.83. The van der Waals surface area contributed by atoms with Crippen LogP contribution in [0.4, 0.5) is 19.6 Å². The number of hydrogen-bond acceptors (Lipinski definition) is 4. The minimum Gasteiger partial charge on any atom is -0.481 e. The van der Waals surface area contributed by atoms with Gasteiger partial charge in [0, 0.05) is 12.0 Å². The van der Waals surface area contributed by atoms with Gasteiger partial charge in [-0.3, -0.25) is 4.79 Å². The Morgan fingerprint density at radius 3 is 2.60 bits per heavy atom. The molecule has 0 aliphatic heterocycles. The van der Waals surface area contributed by atoms with E-state index in [0.29, 0.717) is 10.8 Å². The summed E-state index contributed by atoms with van der Waals surface area (Å²) in [5.41, 5.74) is 0.776. The Kier molecular flexibility index (Phi) is 6.89. The molecule has 136 valence electrons. The summed E-state index contributed by atoms with van der Waals surface area (Å²) >= 11 is 4.70. The molecule has 0 saturated carbocycles. The largest absolute Gasteiger partial charge is 0.481 e. The number of carboxylic acid groups (broad SMARTS) is 1. The first kappa shape index (κ1) is 19.8. The zero-order valence-corrected chi connectivity index (χ0v) is 16.3. The highest BCUT2D eigenvalue weighted by molar-refractivity contribution is 9.11. The summed E-state index contributed by atoms with van der Waals surface area (Å²) in [6.07, 6.45) is 1.67. The molecule has 4 nitrogen and oxygen atoms in total. The lowest BCUT2D eigenvalue weighted by molar-refractivity contribution is -0.137. The van der Waals surface area contributed by atoms with E-state index in [2.05, 4.69) is 26.2 Å². The Bertz CT molecular complexity index is 750. The maximum atomic E-state index is 13.8. The fraction of sp³-hybridized carbons (Fsp3) is 0.412. The average Bonchev–Trinajstić information content (AvgIpc) is 2.90. The van der Waals surface area contributed by atoms with Crippen molar-refractivity contribution in [2.45, 2.75) is 39.0 Å². The molecule has 2 N–H and O–H groups in total. The summed E-state index contributed by atoms with van der Waals surface area (Å²) in [6, 6.07) is 3.25. The predicted molar refractivity (Wildman–Crippen MR) is 98.5 cm³/mol. The van der Waals surface area contributed by atoms with Gasteiger partial charge in [0.2, 0.25) is 0 Å². The van der Waals surface area contributed by atoms with Gasteiger partial charge >= 0.3 is 5.97 Å². The Morgan fingerprint density at radius 1 is 1.36 bits per heavy atom. The number of nitrogens with one attached hydrogen (secondary N) is 1. The number of aliphatic carboxylic acids is 1. The van der Waals surface area contributed by atoms with Crippen LogP contribution in [0.2, 0.25) is 0 Å². The van der Waals surface area contributed by atoms with Gasteiger partial charge in [-0.1, -0.05) is 38.0 Å². The van der Waals surface area contributed by atoms with Crippen LogP contribution in [-0.4, -0.2) is 16.1 Å². The van der Waals surface area contributed by atoms with Gasteiger partial charge in [-0.2, -0.15) is 0 Å². The molecule has 0 aliphatic rings. The molecule has 8 heteroatoms. The second kappa shape index (κ2) is 8.71. The fourth-order valence-corrected chi connectivity index (χ4v) is 4.45. The van der Waals surface area contributed by atoms with Crippen molar-refractivity contribution in [2.24, 2.45) is 5.92 Å². The molecule has 1 aromatic carbocycles. The number of carboxylic acids is 1. The highest BCUT2D eigenvalue weighted by Crippen LogP contribution is 2.41. The van der Waals surface area contributed by atoms with Crippen LogP contribution >= 0.6 is 27.3 Å². The molecule has 0 saturated heterocycles. The Labute approximate surface area is 157 Å². The highest BCUT2D eigenvalue weighted by Gasteiger charge is 2.28. The number of rotatable bonds is 8. The standard InChI is InChI=1S/C17H19BrF2N2O2S/c1-3-9(4-2)11(8-14(23)24)15-16(18)25-17(22-15)21-13-6-5-10(19)7-12(13)20/h5-7,9,11H,3-4,8H2,1-2H3,(H,21,22)(H,23,24). The first-order valence-corrected chi connectivity index (χ1v) is 9.56. The molecule has 1 heterocycles. The Balaban J connectivity index is 2.31. The molecule has 0 aliphatic carbocycles. The van der Waals surface area contributed by atoms with Gasteiger partial charge in [0.15, 0.2) is 5.13 Å². The van der Waals surface area contributed by atoms with E-state index in [1.54, 1.807) is 0 Å². The van der Waals surface area contributed by atoms with Crippen molar-refractivity contribution in [3.8, 4) is 0 Å². The van der Waals surface area contributed by atoms with Crippen LogP contribution < -0.4 is 5.32 Å². The zero-order chi connectivity index (χ0) is 18.6. The van der Waals surface area contributed by atoms with E-state index in [1.165, 1.54) is 17.4 Å². The molecule has 25 heavy (non-hydrogen) atoms. The number of hydrogen-bond donors (Lipinski definition) is 2. The van der Waals surface area contributed by atoms with Gasteiger partial charge in [0.1, 0.15) is 11.6 Å². The van der Waals surface area contributed by atoms with Gasteiger partial charge in [-0.25, -0.2) is 13.8 Å². The summed E-state index contributed by atoms with van der Waals surface area (Å²) in [7, 11) is 0. The quantitative estimate of drug-likeness (QED) is 0.543. The number of thiazole rings is 1. The highest BCUT2D eigenvalue weighted by atomic mass is 79.9. The molecule has 2 aromatic rings. The lowest BCUT2D eigenvalue weighted by Crippen LogP contribution is -2.16. The molecule has 2 rings (SSSR count). The smallest absolute Gasteiger partial charge is 0.304 e. The number of benzene rings is 1. The van der Waals surface area contributed by atoms with Crippen LogP contribution in [0.5, 0.6) is 0 Å². The summed E-state index contributed by atoms with van der Waals surface area (Å²) in [5.74, 6) is -2.29. The van der Waals surface area contributed by atoms with Gasteiger partial charge in [0.25, 0.3) is 0 Å². The number of nitrogens with zero attached hydrogens (tertiary/aromatic N) is 1. The van der Waals surface area contributed by atoms with Crippen LogP contribution in [0.3, 0.4) is 0 Å². The van der Waals surface area contributed by atoms with E-state index in [4.69, 9.17) is 0 Å². The lowest BCUT2D eigenvalue weighted by Gasteiger charge is -2.22. The van der Waals surface area contributed by atoms with Gasteiger partial charge < -0.3 is 10.4 Å². The Morgan fingerprint density at radius 2 is 2.04 bits per heavy atom. The van der Waals surface area contributed by atoms with Crippen LogP contribution in [0, 0.1) is 17.6 Å². The third-order valence-electron chi connectivity index (χ3n) is 4.15. The van der Waals surface area contributed by atoms with Crippen LogP contribution in [0.15, 0.2) is 22.0 Å². The molecule has 1 aromatic heterocycles. The van der Waals surface area contributed by atoms with Gasteiger partial charge in [-0.15, -0.1) is 0 Å². The van der Waals surface area contributed by atoms with Crippen molar-refractivity contribution in [2.75, 3.05) is 5.32 Å². The van der Waals surface area contributed by atoms with E-state index < -0.39 is 17.6 Å². The minimum absolute atomic E-state index is 0.0149. The molecular weight excluding hydrogens is 414 g/mol. The Hall–Kier alpha value is -1.54. The maximum absolute atomic E-state index is 13.8. The summed E-state index contributed by atoms with van der Waals surface area (Å²) < 4.78 is 27.5. The molecule has 0 fully saturated rings. The molecule has 0 spiro atoms. The minimum atomic E-state index is -0.879. The zero-order valence-electron chi connectivity index (χ0n) is 13.9. The second-order valence-electron chi connectivity index (χ2n) is 5.71. The summed E-state index contributed by atoms with van der Waals surface area (Å²) in [5, 5.41) is 12.5. The summed E-state index contributed by atoms with van der Waals surface area (Å²) in [4.78, 5) is 15.7. The van der Waals surface area contributed by atoms with Crippen molar-refractivity contribution in [1.29, 1.82) is 0 Å². The van der Waals surface area contributed by atoms with E-state index in [0.717, 1.165) is 28.8 Å². The second-order valence-corrected chi connectivity index (χ2v) is 8.03. The SMILES string of the molecule is CCC(CC)C(CC(=O)O)c1nc(Nc2ccc(F)cc2F)sc1Br. The van der Waals surface area contributed by atoms with Crippen molar-refractivity contribution >= 4 is 44.1 Å². The average molecular weight is 433 g/mol. The van der Waals surface area contributed by atoms with Crippen molar-refractivity contribution in [3.05, 3.63) is 39.3 Å². The third kappa shape index (κ3) is 4.98. The van der Waals surface area contributed by atoms with E-state index >= 15 is 0 Å². The van der Waals surface area contributed by atoms with E-state index in [1.807, 2.05) is 13.8 Å². The number of carbonyl (C=O) groups is 1. The first-order chi connectivity index (χ1) is 11.8. The third-order valence-corrected chi connectivity index (χ3v) is 5.81. The molecular formula is C17H19BrF2N2O2S. The first-order valence-electron chi connectivity index (χ1n) is 7.95. The molecule has 1 atom stereocenters. The van der Waals surface area contributed by atoms with Gasteiger partial charge in [-0.05, 0) is 34.0 Å². The fourth-order valence-electron chi connectivity index (χ4n) is 2.83. The predicted octanol–water partition coefficient (Wildman–Crippen LogP) is 5.92. The molecule has 0 radical (unpaired) electrons. The van der Waals surface area contributed by atoms with E-state index in [-0.39, 0.29) is 23.9 Å². The van der Waals surface area contributed by atoms with Gasteiger partial charge in [0.05, 0.1) is 21.6 Å². The van der Waals surface area contributed by atoms with Crippen molar-refractivity contribution in [3.63, 3.8) is 0 Å². The topological polar surface area (TPSA) is 62.2 Å².